The van der Waals surface area contributed by atoms with Crippen LogP contribution >= 0.6 is 0 Å². The van der Waals surface area contributed by atoms with Crippen LogP contribution in [0.3, 0.4) is 0 Å². The maximum atomic E-state index is 13.2. The quantitative estimate of drug-likeness (QED) is 0.308. The predicted molar refractivity (Wildman–Crippen MR) is 123 cm³/mol. The zero-order valence-electron chi connectivity index (χ0n) is 20.1. The highest BCUT2D eigenvalue weighted by Gasteiger charge is 2.42. The van der Waals surface area contributed by atoms with Crippen LogP contribution in [-0.4, -0.2) is 47.5 Å². The molecule has 2 rings (SSSR count). The third kappa shape index (κ3) is 6.27. The molecule has 0 aromatic heterocycles. The number of ketones is 1. The largest absolute Gasteiger partial charge is 0.460 e. The third-order valence-electron chi connectivity index (χ3n) is 6.66. The van der Waals surface area contributed by atoms with E-state index in [0.717, 1.165) is 24.7 Å². The summed E-state index contributed by atoms with van der Waals surface area (Å²) in [6.45, 7) is 9.22. The van der Waals surface area contributed by atoms with Gasteiger partial charge in [0.05, 0.1) is 5.41 Å². The van der Waals surface area contributed by atoms with Crippen molar-refractivity contribution in [1.82, 2.24) is 4.90 Å². The number of esters is 1. The predicted octanol–water partition coefficient (Wildman–Crippen LogP) is 4.14. The molecule has 0 aliphatic carbocycles. The number of aryl methyl sites for hydroxylation is 1. The Morgan fingerprint density at radius 3 is 2.38 bits per heavy atom. The van der Waals surface area contributed by atoms with Crippen LogP contribution in [-0.2, 0) is 30.3 Å². The van der Waals surface area contributed by atoms with Gasteiger partial charge in [0.15, 0.2) is 0 Å². The number of benzene rings is 1. The van der Waals surface area contributed by atoms with Crippen molar-refractivity contribution in [2.75, 3.05) is 6.54 Å². The lowest BCUT2D eigenvalue weighted by atomic mass is 9.84. The molecule has 0 bridgehead atoms. The maximum Gasteiger partial charge on any atom is 0.329 e. The van der Waals surface area contributed by atoms with E-state index in [4.69, 9.17) is 4.74 Å². The Kier molecular flexibility index (Phi) is 8.76. The molecule has 1 aliphatic heterocycles. The molecule has 1 fully saturated rings. The van der Waals surface area contributed by atoms with Crippen molar-refractivity contribution in [2.24, 2.45) is 10.8 Å². The minimum atomic E-state index is -0.867. The summed E-state index contributed by atoms with van der Waals surface area (Å²) in [5.74, 6) is -1.63. The second kappa shape index (κ2) is 10.9. The van der Waals surface area contributed by atoms with Crippen molar-refractivity contribution < 1.29 is 23.9 Å². The van der Waals surface area contributed by atoms with Crippen molar-refractivity contribution >= 4 is 23.9 Å². The van der Waals surface area contributed by atoms with E-state index in [1.165, 1.54) is 4.90 Å². The van der Waals surface area contributed by atoms with Gasteiger partial charge in [-0.15, -0.1) is 0 Å². The molecule has 176 valence electrons. The van der Waals surface area contributed by atoms with Gasteiger partial charge in [-0.1, -0.05) is 51.1 Å². The van der Waals surface area contributed by atoms with Gasteiger partial charge in [-0.2, -0.15) is 0 Å². The molecule has 2 atom stereocenters. The number of amides is 1. The normalized spacial score (nSPS) is 18.0. The number of carbonyl (C=O) groups excluding carboxylic acids is 4. The van der Waals surface area contributed by atoms with E-state index in [9.17, 15) is 19.2 Å². The van der Waals surface area contributed by atoms with Gasteiger partial charge in [0.25, 0.3) is 5.91 Å². The summed E-state index contributed by atoms with van der Waals surface area (Å²) in [7, 11) is 0. The van der Waals surface area contributed by atoms with Gasteiger partial charge in [-0.25, -0.2) is 4.79 Å². The fraction of sp³-hybridized carbons (Fsp3) is 0.615. The molecule has 0 radical (unpaired) electrons. The summed E-state index contributed by atoms with van der Waals surface area (Å²) in [6, 6.07) is 9.02. The lowest BCUT2D eigenvalue weighted by Gasteiger charge is -2.37. The molecule has 1 aliphatic rings. The second-order valence-electron chi connectivity index (χ2n) is 9.97. The Morgan fingerprint density at radius 2 is 1.78 bits per heavy atom. The van der Waals surface area contributed by atoms with Crippen LogP contribution in [0.4, 0.5) is 0 Å². The number of piperidine rings is 1. The number of rotatable bonds is 10. The molecule has 2 unspecified atom stereocenters. The Bertz CT molecular complexity index is 815. The summed E-state index contributed by atoms with van der Waals surface area (Å²) in [5, 5.41) is 0. The number of aldehydes is 1. The maximum absolute atomic E-state index is 13.2. The Balaban J connectivity index is 2.17. The minimum Gasteiger partial charge on any atom is -0.460 e. The summed E-state index contributed by atoms with van der Waals surface area (Å²) < 4.78 is 5.86. The molecule has 1 saturated heterocycles. The van der Waals surface area contributed by atoms with Crippen molar-refractivity contribution in [3.63, 3.8) is 0 Å². The summed E-state index contributed by atoms with van der Waals surface area (Å²) in [4.78, 5) is 52.1. The molecule has 0 spiro atoms. The number of likely N-dealkylation sites (tertiary alicyclic amines) is 1. The van der Waals surface area contributed by atoms with E-state index >= 15 is 0 Å². The Labute approximate surface area is 191 Å². The van der Waals surface area contributed by atoms with Gasteiger partial charge >= 0.3 is 5.97 Å². The SMILES string of the molecule is CCC(C)(C)C(=O)C(=O)N1CCCCC1C(=O)OC(CCc1ccccc1)C(C)(C)C=O. The van der Waals surface area contributed by atoms with Crippen molar-refractivity contribution in [1.29, 1.82) is 0 Å². The summed E-state index contributed by atoms with van der Waals surface area (Å²) in [6.07, 6.45) is 3.85. The first-order valence-corrected chi connectivity index (χ1v) is 11.6. The van der Waals surface area contributed by atoms with E-state index in [1.54, 1.807) is 27.7 Å². The van der Waals surface area contributed by atoms with Gasteiger partial charge in [-0.3, -0.25) is 9.59 Å². The van der Waals surface area contributed by atoms with Crippen molar-refractivity contribution in [3.8, 4) is 0 Å². The highest BCUT2D eigenvalue weighted by atomic mass is 16.5. The average Bonchev–Trinajstić information content (AvgIpc) is 2.81. The average molecular weight is 444 g/mol. The van der Waals surface area contributed by atoms with Crippen molar-refractivity contribution in [3.05, 3.63) is 35.9 Å². The molecule has 1 heterocycles. The lowest BCUT2D eigenvalue weighted by Crippen LogP contribution is -2.54. The summed E-state index contributed by atoms with van der Waals surface area (Å²) in [5.41, 5.74) is -0.550. The van der Waals surface area contributed by atoms with Gasteiger partial charge in [0.2, 0.25) is 5.78 Å². The lowest BCUT2D eigenvalue weighted by molar-refractivity contribution is -0.168. The zero-order chi connectivity index (χ0) is 23.9. The number of hydrogen-bond donors (Lipinski definition) is 0. The second-order valence-corrected chi connectivity index (χ2v) is 9.97. The highest BCUT2D eigenvalue weighted by molar-refractivity contribution is 6.38. The van der Waals surface area contributed by atoms with E-state index in [1.807, 2.05) is 37.3 Å². The molecule has 6 nitrogen and oxygen atoms in total. The molecular formula is C26H37NO5. The van der Waals surface area contributed by atoms with Gasteiger partial charge in [-0.05, 0) is 57.9 Å². The first-order chi connectivity index (χ1) is 15.0. The first-order valence-electron chi connectivity index (χ1n) is 11.6. The fourth-order valence-corrected chi connectivity index (χ4v) is 3.82. The van der Waals surface area contributed by atoms with E-state index in [2.05, 4.69) is 0 Å². The molecular weight excluding hydrogens is 406 g/mol. The van der Waals surface area contributed by atoms with Gasteiger partial charge in [0.1, 0.15) is 18.4 Å². The van der Waals surface area contributed by atoms with E-state index in [-0.39, 0.29) is 0 Å². The van der Waals surface area contributed by atoms with Crippen molar-refractivity contribution in [2.45, 2.75) is 85.3 Å². The van der Waals surface area contributed by atoms with Crippen LogP contribution in [0.1, 0.15) is 72.3 Å². The van der Waals surface area contributed by atoms with E-state index < -0.39 is 40.6 Å². The van der Waals surface area contributed by atoms with Crippen LogP contribution in [0.5, 0.6) is 0 Å². The van der Waals surface area contributed by atoms with Crippen LogP contribution in [0.15, 0.2) is 30.3 Å². The number of hydrogen-bond acceptors (Lipinski definition) is 5. The Morgan fingerprint density at radius 1 is 1.12 bits per heavy atom. The zero-order valence-corrected chi connectivity index (χ0v) is 20.1. The molecule has 1 amide bonds. The van der Waals surface area contributed by atoms with Crippen LogP contribution in [0.25, 0.3) is 0 Å². The molecule has 32 heavy (non-hydrogen) atoms. The smallest absolute Gasteiger partial charge is 0.329 e. The van der Waals surface area contributed by atoms with Gasteiger partial charge in [0, 0.05) is 12.0 Å². The van der Waals surface area contributed by atoms with Crippen LogP contribution in [0.2, 0.25) is 0 Å². The molecule has 0 saturated carbocycles. The van der Waals surface area contributed by atoms with E-state index in [0.29, 0.717) is 32.2 Å². The number of ether oxygens (including phenoxy) is 1. The number of carbonyl (C=O) groups is 4. The molecule has 1 aromatic carbocycles. The molecule has 0 N–H and O–H groups in total. The summed E-state index contributed by atoms with van der Waals surface area (Å²) >= 11 is 0. The highest BCUT2D eigenvalue weighted by Crippen LogP contribution is 2.29. The standard InChI is InChI=1S/C26H37NO5/c1-6-25(2,3)22(29)23(30)27-17-11-10-14-20(27)24(31)32-21(26(4,5)18-28)16-15-19-12-8-7-9-13-19/h7-9,12-13,18,20-21H,6,10-11,14-17H2,1-5H3. The Hall–Kier alpha value is -2.50. The topological polar surface area (TPSA) is 80.8 Å². The number of Topliss-reactive ketones (excluding diaryl/α,β-unsaturated/α-hetero) is 1. The van der Waals surface area contributed by atoms with Crippen LogP contribution < -0.4 is 0 Å². The van der Waals surface area contributed by atoms with Gasteiger partial charge < -0.3 is 14.4 Å². The monoisotopic (exact) mass is 443 g/mol. The van der Waals surface area contributed by atoms with Crippen LogP contribution in [0, 0.1) is 10.8 Å². The number of nitrogens with zero attached hydrogens (tertiary/aromatic N) is 1. The minimum absolute atomic E-state index is 0.357. The molecule has 6 heteroatoms. The first kappa shape index (κ1) is 25.8. The molecule has 1 aromatic rings. The fourth-order valence-electron chi connectivity index (χ4n) is 3.82. The third-order valence-corrected chi connectivity index (χ3v) is 6.66.